The maximum atomic E-state index is 5.86. The fourth-order valence-corrected chi connectivity index (χ4v) is 2.37. The number of ether oxygens (including phenoxy) is 1. The molecule has 1 aromatic heterocycles. The lowest BCUT2D eigenvalue weighted by molar-refractivity contribution is 0.411. The molecular formula is C15H21N3O. The van der Waals surface area contributed by atoms with E-state index in [0.717, 1.165) is 39.7 Å². The van der Waals surface area contributed by atoms with Crippen LogP contribution in [0.4, 0.5) is 0 Å². The fourth-order valence-electron chi connectivity index (χ4n) is 2.37. The van der Waals surface area contributed by atoms with Gasteiger partial charge in [0.15, 0.2) is 0 Å². The van der Waals surface area contributed by atoms with Crippen LogP contribution in [0.3, 0.4) is 0 Å². The maximum absolute atomic E-state index is 5.86. The minimum absolute atomic E-state index is 0.483. The number of aryl methyl sites for hydroxylation is 3. The minimum Gasteiger partial charge on any atom is -0.496 e. The van der Waals surface area contributed by atoms with Crippen LogP contribution in [0.2, 0.25) is 0 Å². The van der Waals surface area contributed by atoms with Gasteiger partial charge in [-0.05, 0) is 44.0 Å². The van der Waals surface area contributed by atoms with E-state index in [9.17, 15) is 0 Å². The third-order valence-corrected chi connectivity index (χ3v) is 3.63. The standard InChI is InChI=1S/C15H21N3O/c1-9-7-14(19-5)10(2)6-12(9)15-13(8-16)18(4)11(3)17-15/h6-7H,8,16H2,1-5H3. The molecular weight excluding hydrogens is 238 g/mol. The third-order valence-electron chi connectivity index (χ3n) is 3.63. The van der Waals surface area contributed by atoms with Gasteiger partial charge in [0.05, 0.1) is 18.5 Å². The Balaban J connectivity index is 2.65. The Kier molecular flexibility index (Phi) is 3.62. The van der Waals surface area contributed by atoms with Crippen LogP contribution in [-0.4, -0.2) is 16.7 Å². The van der Waals surface area contributed by atoms with Gasteiger partial charge in [-0.2, -0.15) is 0 Å². The van der Waals surface area contributed by atoms with Crippen molar-refractivity contribution in [3.05, 3.63) is 34.8 Å². The Morgan fingerprint density at radius 1 is 1.21 bits per heavy atom. The molecule has 0 unspecified atom stereocenters. The summed E-state index contributed by atoms with van der Waals surface area (Å²) in [7, 11) is 3.69. The topological polar surface area (TPSA) is 53.1 Å². The maximum Gasteiger partial charge on any atom is 0.122 e. The van der Waals surface area contributed by atoms with Crippen molar-refractivity contribution < 1.29 is 4.74 Å². The highest BCUT2D eigenvalue weighted by Crippen LogP contribution is 2.31. The first-order chi connectivity index (χ1) is 8.99. The van der Waals surface area contributed by atoms with Crippen LogP contribution in [-0.2, 0) is 13.6 Å². The van der Waals surface area contributed by atoms with Crippen molar-refractivity contribution in [1.82, 2.24) is 9.55 Å². The highest BCUT2D eigenvalue weighted by atomic mass is 16.5. The molecule has 0 saturated carbocycles. The monoisotopic (exact) mass is 259 g/mol. The van der Waals surface area contributed by atoms with Crippen molar-refractivity contribution >= 4 is 0 Å². The molecule has 102 valence electrons. The number of aromatic nitrogens is 2. The highest BCUT2D eigenvalue weighted by Gasteiger charge is 2.16. The molecule has 2 N–H and O–H groups in total. The molecule has 0 saturated heterocycles. The van der Waals surface area contributed by atoms with E-state index in [1.807, 2.05) is 25.5 Å². The van der Waals surface area contributed by atoms with Gasteiger partial charge in [0.2, 0.25) is 0 Å². The second-order valence-corrected chi connectivity index (χ2v) is 4.85. The lowest BCUT2D eigenvalue weighted by Gasteiger charge is -2.11. The number of rotatable bonds is 3. The lowest BCUT2D eigenvalue weighted by Crippen LogP contribution is -2.06. The molecule has 1 heterocycles. The van der Waals surface area contributed by atoms with Gasteiger partial charge in [-0.1, -0.05) is 0 Å². The van der Waals surface area contributed by atoms with E-state index < -0.39 is 0 Å². The average molecular weight is 259 g/mol. The number of nitrogens with zero attached hydrogens (tertiary/aromatic N) is 2. The van der Waals surface area contributed by atoms with Crippen LogP contribution >= 0.6 is 0 Å². The predicted molar refractivity (Wildman–Crippen MR) is 77.3 cm³/mol. The first-order valence-electron chi connectivity index (χ1n) is 6.37. The summed E-state index contributed by atoms with van der Waals surface area (Å²) in [6, 6.07) is 4.17. The van der Waals surface area contributed by atoms with E-state index in [1.54, 1.807) is 7.11 Å². The molecule has 4 heteroatoms. The summed E-state index contributed by atoms with van der Waals surface area (Å²) in [5.74, 6) is 1.88. The molecule has 0 aliphatic carbocycles. The molecule has 0 atom stereocenters. The number of methoxy groups -OCH3 is 1. The first kappa shape index (κ1) is 13.6. The highest BCUT2D eigenvalue weighted by molar-refractivity contribution is 5.69. The smallest absolute Gasteiger partial charge is 0.122 e. The van der Waals surface area contributed by atoms with E-state index in [2.05, 4.69) is 24.0 Å². The van der Waals surface area contributed by atoms with Gasteiger partial charge in [0.1, 0.15) is 11.6 Å². The van der Waals surface area contributed by atoms with Crippen LogP contribution in [0, 0.1) is 20.8 Å². The molecule has 0 spiro atoms. The Labute approximate surface area is 114 Å². The van der Waals surface area contributed by atoms with Crippen LogP contribution in [0.5, 0.6) is 5.75 Å². The Morgan fingerprint density at radius 2 is 1.89 bits per heavy atom. The van der Waals surface area contributed by atoms with Gasteiger partial charge in [-0.3, -0.25) is 0 Å². The fraction of sp³-hybridized carbons (Fsp3) is 0.400. The van der Waals surface area contributed by atoms with Crippen LogP contribution in [0.25, 0.3) is 11.3 Å². The predicted octanol–water partition coefficient (Wildman–Crippen LogP) is 2.48. The SMILES string of the molecule is COc1cc(C)c(-c2nc(C)n(C)c2CN)cc1C. The van der Waals surface area contributed by atoms with Crippen molar-refractivity contribution in [3.8, 4) is 17.0 Å². The summed E-state index contributed by atoms with van der Waals surface area (Å²) in [4.78, 5) is 4.65. The zero-order chi connectivity index (χ0) is 14.2. The van der Waals surface area contributed by atoms with E-state index in [-0.39, 0.29) is 0 Å². The molecule has 0 aliphatic rings. The molecule has 0 bridgehead atoms. The molecule has 0 fully saturated rings. The Morgan fingerprint density at radius 3 is 2.47 bits per heavy atom. The summed E-state index contributed by atoms with van der Waals surface area (Å²) in [5, 5.41) is 0. The summed E-state index contributed by atoms with van der Waals surface area (Å²) in [6.07, 6.45) is 0. The van der Waals surface area contributed by atoms with Crippen LogP contribution in [0.15, 0.2) is 12.1 Å². The van der Waals surface area contributed by atoms with E-state index in [4.69, 9.17) is 10.5 Å². The molecule has 0 amide bonds. The van der Waals surface area contributed by atoms with E-state index in [0.29, 0.717) is 6.54 Å². The van der Waals surface area contributed by atoms with Gasteiger partial charge < -0.3 is 15.0 Å². The Hall–Kier alpha value is -1.81. The van der Waals surface area contributed by atoms with E-state index in [1.165, 1.54) is 0 Å². The second kappa shape index (κ2) is 5.05. The number of benzene rings is 1. The average Bonchev–Trinajstić information content (AvgIpc) is 2.67. The number of imidazole rings is 1. The van der Waals surface area contributed by atoms with Crippen molar-refractivity contribution in [2.45, 2.75) is 27.3 Å². The minimum atomic E-state index is 0.483. The normalized spacial score (nSPS) is 10.8. The zero-order valence-corrected chi connectivity index (χ0v) is 12.2. The van der Waals surface area contributed by atoms with Crippen LogP contribution < -0.4 is 10.5 Å². The number of nitrogens with two attached hydrogens (primary N) is 1. The summed E-state index contributed by atoms with van der Waals surface area (Å²) in [6.45, 7) is 6.59. The van der Waals surface area contributed by atoms with Crippen molar-refractivity contribution in [2.75, 3.05) is 7.11 Å². The van der Waals surface area contributed by atoms with Gasteiger partial charge in [0.25, 0.3) is 0 Å². The van der Waals surface area contributed by atoms with Gasteiger partial charge >= 0.3 is 0 Å². The van der Waals surface area contributed by atoms with E-state index >= 15 is 0 Å². The molecule has 2 rings (SSSR count). The number of hydrogen-bond acceptors (Lipinski definition) is 3. The Bertz CT molecular complexity index is 614. The third kappa shape index (κ3) is 2.24. The molecule has 4 nitrogen and oxygen atoms in total. The summed E-state index contributed by atoms with van der Waals surface area (Å²) in [5.41, 5.74) is 11.3. The van der Waals surface area contributed by atoms with Crippen molar-refractivity contribution in [2.24, 2.45) is 12.8 Å². The zero-order valence-electron chi connectivity index (χ0n) is 12.2. The second-order valence-electron chi connectivity index (χ2n) is 4.85. The molecule has 0 aliphatic heterocycles. The summed E-state index contributed by atoms with van der Waals surface area (Å²) < 4.78 is 7.40. The molecule has 0 radical (unpaired) electrons. The number of hydrogen-bond donors (Lipinski definition) is 1. The molecule has 1 aromatic carbocycles. The quantitative estimate of drug-likeness (QED) is 0.921. The van der Waals surface area contributed by atoms with Crippen LogP contribution in [0.1, 0.15) is 22.6 Å². The summed E-state index contributed by atoms with van der Waals surface area (Å²) >= 11 is 0. The van der Waals surface area contributed by atoms with Gasteiger partial charge in [-0.15, -0.1) is 0 Å². The van der Waals surface area contributed by atoms with Crippen molar-refractivity contribution in [1.29, 1.82) is 0 Å². The first-order valence-corrected chi connectivity index (χ1v) is 6.37. The largest absolute Gasteiger partial charge is 0.496 e. The lowest BCUT2D eigenvalue weighted by atomic mass is 10.0. The molecule has 2 aromatic rings. The van der Waals surface area contributed by atoms with Gasteiger partial charge in [0, 0.05) is 19.2 Å². The molecule has 19 heavy (non-hydrogen) atoms. The van der Waals surface area contributed by atoms with Crippen molar-refractivity contribution in [3.63, 3.8) is 0 Å². The van der Waals surface area contributed by atoms with Gasteiger partial charge in [-0.25, -0.2) is 4.98 Å².